The highest BCUT2D eigenvalue weighted by molar-refractivity contribution is 5.54. The van der Waals surface area contributed by atoms with Crippen molar-refractivity contribution >= 4 is 5.69 Å². The van der Waals surface area contributed by atoms with Crippen LogP contribution >= 0.6 is 0 Å². The molecule has 0 aliphatic carbocycles. The Morgan fingerprint density at radius 3 is 2.30 bits per heavy atom. The molecule has 0 saturated carbocycles. The van der Waals surface area contributed by atoms with Crippen LogP contribution in [0.3, 0.4) is 0 Å². The number of phenols is 1. The molecule has 1 N–H and O–H groups in total. The van der Waals surface area contributed by atoms with Crippen LogP contribution in [0.2, 0.25) is 0 Å². The smallest absolute Gasteiger partial charge is 0.416 e. The van der Waals surface area contributed by atoms with E-state index in [1.807, 2.05) is 18.2 Å². The van der Waals surface area contributed by atoms with Gasteiger partial charge in [0.1, 0.15) is 18.1 Å². The number of halogens is 3. The third kappa shape index (κ3) is 6.21. The molecule has 3 aromatic rings. The fourth-order valence-electron chi connectivity index (χ4n) is 5.49. The van der Waals surface area contributed by atoms with Gasteiger partial charge in [0.05, 0.1) is 11.6 Å². The van der Waals surface area contributed by atoms with Crippen molar-refractivity contribution in [1.29, 1.82) is 0 Å². The van der Waals surface area contributed by atoms with Crippen LogP contribution in [0.1, 0.15) is 47.6 Å². The Morgan fingerprint density at radius 2 is 1.59 bits per heavy atom. The predicted octanol–water partition coefficient (Wildman–Crippen LogP) is 6.62. The van der Waals surface area contributed by atoms with Gasteiger partial charge in [-0.25, -0.2) is 0 Å². The summed E-state index contributed by atoms with van der Waals surface area (Å²) in [5.74, 6) is 1.07. The van der Waals surface area contributed by atoms with Gasteiger partial charge >= 0.3 is 6.18 Å². The van der Waals surface area contributed by atoms with E-state index in [0.717, 1.165) is 59.9 Å². The lowest BCUT2D eigenvalue weighted by Crippen LogP contribution is -2.36. The zero-order valence-corrected chi connectivity index (χ0v) is 20.9. The average molecular weight is 511 g/mol. The van der Waals surface area contributed by atoms with Crippen molar-refractivity contribution < 1.29 is 23.0 Å². The van der Waals surface area contributed by atoms with E-state index in [0.29, 0.717) is 26.0 Å². The van der Waals surface area contributed by atoms with Crippen molar-refractivity contribution in [3.63, 3.8) is 0 Å². The standard InChI is InChI=1S/C30H33F3N2O2/c31-30(32,33)24-6-8-25(9-7-24)35-17-14-23-21-26(36)10-13-28(23)29(35)20-22-4-11-27(12-5-22)37-19-18-34-15-2-1-3-16-34/h4-13,21,29,36H,1-3,14-20H2. The Morgan fingerprint density at radius 1 is 0.865 bits per heavy atom. The first kappa shape index (κ1) is 25.5. The first-order valence-electron chi connectivity index (χ1n) is 13.1. The number of aromatic hydroxyl groups is 1. The van der Waals surface area contributed by atoms with Crippen molar-refractivity contribution in [2.75, 3.05) is 37.7 Å². The summed E-state index contributed by atoms with van der Waals surface area (Å²) >= 11 is 0. The number of likely N-dealkylation sites (tertiary alicyclic amines) is 1. The van der Waals surface area contributed by atoms with Crippen LogP contribution in [0.15, 0.2) is 66.7 Å². The number of hydrogen-bond acceptors (Lipinski definition) is 4. The summed E-state index contributed by atoms with van der Waals surface area (Å²) in [6, 6.07) is 18.9. The molecule has 4 nitrogen and oxygen atoms in total. The molecule has 0 amide bonds. The van der Waals surface area contributed by atoms with Crippen LogP contribution in [0.25, 0.3) is 0 Å². The number of alkyl halides is 3. The van der Waals surface area contributed by atoms with Crippen LogP contribution in [0.4, 0.5) is 18.9 Å². The molecule has 196 valence electrons. The maximum absolute atomic E-state index is 13.1. The van der Waals surface area contributed by atoms with E-state index in [1.165, 1.54) is 19.3 Å². The average Bonchev–Trinajstić information content (AvgIpc) is 2.90. The lowest BCUT2D eigenvalue weighted by molar-refractivity contribution is -0.137. The summed E-state index contributed by atoms with van der Waals surface area (Å²) in [5.41, 5.74) is 3.39. The van der Waals surface area contributed by atoms with E-state index in [4.69, 9.17) is 4.74 Å². The molecule has 0 aromatic heterocycles. The lowest BCUT2D eigenvalue weighted by Gasteiger charge is -2.39. The number of anilines is 1. The van der Waals surface area contributed by atoms with Crippen LogP contribution in [-0.4, -0.2) is 42.8 Å². The fourth-order valence-corrected chi connectivity index (χ4v) is 5.49. The van der Waals surface area contributed by atoms with E-state index >= 15 is 0 Å². The molecule has 7 heteroatoms. The molecule has 2 heterocycles. The molecule has 2 aliphatic heterocycles. The molecule has 0 radical (unpaired) electrons. The van der Waals surface area contributed by atoms with Crippen LogP contribution in [-0.2, 0) is 19.0 Å². The minimum atomic E-state index is -4.36. The Labute approximate surface area is 216 Å². The van der Waals surface area contributed by atoms with Gasteiger partial charge in [0.2, 0.25) is 0 Å². The number of rotatable bonds is 7. The zero-order chi connectivity index (χ0) is 25.8. The van der Waals surface area contributed by atoms with Crippen LogP contribution in [0.5, 0.6) is 11.5 Å². The summed E-state index contributed by atoms with van der Waals surface area (Å²) in [7, 11) is 0. The molecule has 1 atom stereocenters. The lowest BCUT2D eigenvalue weighted by atomic mass is 9.88. The number of hydrogen-bond donors (Lipinski definition) is 1. The largest absolute Gasteiger partial charge is 0.508 e. The van der Waals surface area contributed by atoms with E-state index in [-0.39, 0.29) is 11.8 Å². The minimum absolute atomic E-state index is 0.0630. The number of benzene rings is 3. The minimum Gasteiger partial charge on any atom is -0.508 e. The van der Waals surface area contributed by atoms with Gasteiger partial charge in [-0.05, 0) is 104 Å². The number of phenolic OH excluding ortho intramolecular Hbond substituents is 1. The van der Waals surface area contributed by atoms with E-state index in [1.54, 1.807) is 24.3 Å². The second-order valence-corrected chi connectivity index (χ2v) is 9.99. The number of nitrogens with zero attached hydrogens (tertiary/aromatic N) is 2. The molecular formula is C30H33F3N2O2. The molecule has 0 bridgehead atoms. The fraction of sp³-hybridized carbons (Fsp3) is 0.400. The molecule has 1 saturated heterocycles. The number of ether oxygens (including phenoxy) is 1. The van der Waals surface area contributed by atoms with Gasteiger partial charge in [0.15, 0.2) is 0 Å². The topological polar surface area (TPSA) is 35.9 Å². The summed E-state index contributed by atoms with van der Waals surface area (Å²) < 4.78 is 45.3. The van der Waals surface area contributed by atoms with Crippen LogP contribution < -0.4 is 9.64 Å². The Hall–Kier alpha value is -3.19. The third-order valence-electron chi connectivity index (χ3n) is 7.49. The quantitative estimate of drug-likeness (QED) is 0.387. The Bertz CT molecular complexity index is 1170. The summed E-state index contributed by atoms with van der Waals surface area (Å²) in [6.07, 6.45) is 0.894. The first-order chi connectivity index (χ1) is 17.9. The first-order valence-corrected chi connectivity index (χ1v) is 13.1. The number of fused-ring (bicyclic) bond motifs is 1. The van der Waals surface area contributed by atoms with Crippen molar-refractivity contribution in [2.24, 2.45) is 0 Å². The van der Waals surface area contributed by atoms with Crippen molar-refractivity contribution in [3.05, 3.63) is 89.0 Å². The number of piperidine rings is 1. The molecular weight excluding hydrogens is 477 g/mol. The Kier molecular flexibility index (Phi) is 7.60. The summed E-state index contributed by atoms with van der Waals surface area (Å²) in [6.45, 7) is 4.57. The second-order valence-electron chi connectivity index (χ2n) is 9.99. The maximum Gasteiger partial charge on any atom is 0.416 e. The van der Waals surface area contributed by atoms with Crippen molar-refractivity contribution in [3.8, 4) is 11.5 Å². The highest BCUT2D eigenvalue weighted by atomic mass is 19.4. The molecule has 0 spiro atoms. The van der Waals surface area contributed by atoms with E-state index in [9.17, 15) is 18.3 Å². The highest BCUT2D eigenvalue weighted by Gasteiger charge is 2.32. The molecule has 2 aliphatic rings. The predicted molar refractivity (Wildman–Crippen MR) is 139 cm³/mol. The van der Waals surface area contributed by atoms with Gasteiger partial charge in [-0.3, -0.25) is 4.90 Å². The van der Waals surface area contributed by atoms with Gasteiger partial charge < -0.3 is 14.7 Å². The third-order valence-corrected chi connectivity index (χ3v) is 7.49. The zero-order valence-electron chi connectivity index (χ0n) is 20.9. The van der Waals surface area contributed by atoms with Gasteiger partial charge in [0, 0.05) is 18.8 Å². The van der Waals surface area contributed by atoms with Gasteiger partial charge in [-0.2, -0.15) is 13.2 Å². The highest BCUT2D eigenvalue weighted by Crippen LogP contribution is 2.38. The SMILES string of the molecule is Oc1ccc2c(c1)CCN(c1ccc(C(F)(F)F)cc1)C2Cc1ccc(OCCN2CCCCC2)cc1. The Balaban J connectivity index is 1.31. The van der Waals surface area contributed by atoms with Gasteiger partial charge in [-0.15, -0.1) is 0 Å². The van der Waals surface area contributed by atoms with Gasteiger partial charge in [0.25, 0.3) is 0 Å². The molecule has 1 unspecified atom stereocenters. The summed E-state index contributed by atoms with van der Waals surface area (Å²) in [4.78, 5) is 4.62. The maximum atomic E-state index is 13.1. The molecule has 1 fully saturated rings. The molecule has 5 rings (SSSR count). The van der Waals surface area contributed by atoms with Gasteiger partial charge in [-0.1, -0.05) is 24.6 Å². The van der Waals surface area contributed by atoms with E-state index < -0.39 is 11.7 Å². The normalized spacial score (nSPS) is 18.5. The van der Waals surface area contributed by atoms with E-state index in [2.05, 4.69) is 21.9 Å². The second kappa shape index (κ2) is 11.1. The molecule has 37 heavy (non-hydrogen) atoms. The molecule has 3 aromatic carbocycles. The van der Waals surface area contributed by atoms with Crippen molar-refractivity contribution in [1.82, 2.24) is 4.90 Å². The monoisotopic (exact) mass is 510 g/mol. The summed E-state index contributed by atoms with van der Waals surface area (Å²) in [5, 5.41) is 10.0. The van der Waals surface area contributed by atoms with Crippen LogP contribution in [0, 0.1) is 0 Å². The van der Waals surface area contributed by atoms with Crippen molar-refractivity contribution in [2.45, 2.75) is 44.3 Å².